The maximum atomic E-state index is 11.4. The van der Waals surface area contributed by atoms with Crippen LogP contribution in [0.5, 0.6) is 11.5 Å². The minimum atomic E-state index is -1.74. The summed E-state index contributed by atoms with van der Waals surface area (Å²) in [5, 5.41) is 60.0. The Kier molecular flexibility index (Phi) is 5.61. The lowest BCUT2D eigenvalue weighted by Gasteiger charge is -2.51. The summed E-state index contributed by atoms with van der Waals surface area (Å²) in [5.41, 5.74) is 1.75. The highest BCUT2D eigenvalue weighted by molar-refractivity contribution is 5.73. The van der Waals surface area contributed by atoms with Crippen molar-refractivity contribution in [3.05, 3.63) is 23.3 Å². The first-order valence-corrected chi connectivity index (χ1v) is 11.7. The van der Waals surface area contributed by atoms with Crippen LogP contribution in [-0.4, -0.2) is 73.4 Å². The normalized spacial score (nSPS) is 44.5. The number of carboxylic acids is 1. The molecule has 1 aromatic rings. The number of carbonyl (C=O) groups is 1. The SMILES string of the molecule is C[C@]12CCC3c4ccc(O)c(O)c4CCC3C1CCC2O[C@@H]1OC(C(=O)O)[C@@H](O)[C@@H](O)C1O. The smallest absolute Gasteiger partial charge is 0.335 e. The lowest BCUT2D eigenvalue weighted by atomic mass is 9.55. The first-order valence-electron chi connectivity index (χ1n) is 11.7. The molecule has 0 radical (unpaired) electrons. The van der Waals surface area contributed by atoms with Crippen LogP contribution in [0, 0.1) is 17.3 Å². The van der Waals surface area contributed by atoms with Crippen LogP contribution in [0.3, 0.4) is 0 Å². The van der Waals surface area contributed by atoms with E-state index in [1.54, 1.807) is 6.07 Å². The van der Waals surface area contributed by atoms with Gasteiger partial charge >= 0.3 is 5.97 Å². The van der Waals surface area contributed by atoms with E-state index in [9.17, 15) is 35.4 Å². The molecule has 3 aliphatic carbocycles. The van der Waals surface area contributed by atoms with Crippen LogP contribution in [0.4, 0.5) is 0 Å². The third kappa shape index (κ3) is 3.44. The second-order valence-corrected chi connectivity index (χ2v) is 10.4. The Morgan fingerprint density at radius 2 is 1.82 bits per heavy atom. The molecule has 1 heterocycles. The summed E-state index contributed by atoms with van der Waals surface area (Å²) in [6.07, 6.45) is -3.28. The topological polar surface area (TPSA) is 157 Å². The summed E-state index contributed by atoms with van der Waals surface area (Å²) in [7, 11) is 0. The maximum absolute atomic E-state index is 11.4. The number of hydrogen-bond donors (Lipinski definition) is 6. The van der Waals surface area contributed by atoms with Gasteiger partial charge in [-0.3, -0.25) is 0 Å². The van der Waals surface area contributed by atoms with Gasteiger partial charge in [-0.1, -0.05) is 13.0 Å². The highest BCUT2D eigenvalue weighted by atomic mass is 16.7. The number of aliphatic hydroxyl groups excluding tert-OH is 3. The molecular formula is C24H32O9. The number of hydrogen-bond acceptors (Lipinski definition) is 8. The summed E-state index contributed by atoms with van der Waals surface area (Å²) in [6, 6.07) is 3.49. The maximum Gasteiger partial charge on any atom is 0.335 e. The molecule has 1 aromatic carbocycles. The molecule has 182 valence electrons. The molecule has 10 atom stereocenters. The molecule has 1 aliphatic heterocycles. The Morgan fingerprint density at radius 1 is 1.06 bits per heavy atom. The van der Waals surface area contributed by atoms with Crippen LogP contribution < -0.4 is 0 Å². The van der Waals surface area contributed by atoms with Crippen LogP contribution >= 0.6 is 0 Å². The van der Waals surface area contributed by atoms with E-state index in [1.807, 2.05) is 6.07 Å². The fourth-order valence-electron chi connectivity index (χ4n) is 7.14. The first kappa shape index (κ1) is 22.9. The molecule has 33 heavy (non-hydrogen) atoms. The highest BCUT2D eigenvalue weighted by Crippen LogP contribution is 2.62. The highest BCUT2D eigenvalue weighted by Gasteiger charge is 2.57. The molecule has 5 rings (SSSR count). The van der Waals surface area contributed by atoms with Crippen LogP contribution in [0.1, 0.15) is 56.1 Å². The average molecular weight is 465 g/mol. The summed E-state index contributed by atoms with van der Waals surface area (Å²) in [6.45, 7) is 2.17. The van der Waals surface area contributed by atoms with Crippen molar-refractivity contribution in [3.8, 4) is 11.5 Å². The number of aliphatic carboxylic acids is 1. The van der Waals surface area contributed by atoms with E-state index in [1.165, 1.54) is 0 Å². The standard InChI is InChI=1S/C24H32O9/c1-24-9-8-11-10-4-6-15(25)17(26)13(10)3-2-12(11)14(24)5-7-16(24)32-23-20(29)18(27)19(28)21(33-23)22(30)31/h4,6,11-12,14,16,18-21,23,25-29H,2-3,5,7-9H2,1H3,(H,30,31)/t11?,12?,14?,16?,18-,19+,20?,21?,23-,24+/m1/s1. The fraction of sp³-hybridized carbons (Fsp3) is 0.708. The largest absolute Gasteiger partial charge is 0.504 e. The average Bonchev–Trinajstić information content (AvgIpc) is 3.12. The molecule has 0 amide bonds. The third-order valence-electron chi connectivity index (χ3n) is 8.89. The summed E-state index contributed by atoms with van der Waals surface area (Å²) in [5.74, 6) is -0.485. The summed E-state index contributed by atoms with van der Waals surface area (Å²) in [4.78, 5) is 11.4. The van der Waals surface area contributed by atoms with Crippen molar-refractivity contribution in [2.75, 3.05) is 0 Å². The molecular weight excluding hydrogens is 432 g/mol. The molecule has 9 heteroatoms. The Bertz CT molecular complexity index is 935. The number of rotatable bonds is 3. The molecule has 2 saturated carbocycles. The van der Waals surface area contributed by atoms with Gasteiger partial charge < -0.3 is 40.1 Å². The number of phenols is 2. The van der Waals surface area contributed by atoms with Gasteiger partial charge in [0.25, 0.3) is 0 Å². The molecule has 4 aliphatic rings. The van der Waals surface area contributed by atoms with Gasteiger partial charge in [-0.25, -0.2) is 4.79 Å². The molecule has 6 unspecified atom stereocenters. The second-order valence-electron chi connectivity index (χ2n) is 10.4. The van der Waals surface area contributed by atoms with E-state index >= 15 is 0 Å². The van der Waals surface area contributed by atoms with E-state index in [4.69, 9.17) is 9.47 Å². The zero-order chi connectivity index (χ0) is 23.7. The minimum absolute atomic E-state index is 0.0101. The zero-order valence-corrected chi connectivity index (χ0v) is 18.5. The molecule has 6 N–H and O–H groups in total. The lowest BCUT2D eigenvalue weighted by Crippen LogP contribution is -2.61. The number of benzene rings is 1. The summed E-state index contributed by atoms with van der Waals surface area (Å²) >= 11 is 0. The second kappa shape index (κ2) is 8.09. The molecule has 0 spiro atoms. The van der Waals surface area contributed by atoms with Gasteiger partial charge in [0, 0.05) is 5.56 Å². The minimum Gasteiger partial charge on any atom is -0.504 e. The fourth-order valence-corrected chi connectivity index (χ4v) is 7.14. The Balaban J connectivity index is 1.35. The van der Waals surface area contributed by atoms with Gasteiger partial charge in [0.15, 0.2) is 23.9 Å². The third-order valence-corrected chi connectivity index (χ3v) is 8.89. The van der Waals surface area contributed by atoms with Crippen molar-refractivity contribution in [3.63, 3.8) is 0 Å². The number of ether oxygens (including phenoxy) is 2. The van der Waals surface area contributed by atoms with Crippen LogP contribution in [0.25, 0.3) is 0 Å². The van der Waals surface area contributed by atoms with E-state index in [2.05, 4.69) is 6.92 Å². The van der Waals surface area contributed by atoms with Gasteiger partial charge in [0.2, 0.25) is 0 Å². The Hall–Kier alpha value is -1.91. The molecule has 0 aromatic heterocycles. The van der Waals surface area contributed by atoms with Crippen molar-refractivity contribution in [2.45, 2.75) is 88.2 Å². The van der Waals surface area contributed by atoms with Crippen molar-refractivity contribution in [1.29, 1.82) is 0 Å². The number of fused-ring (bicyclic) bond motifs is 5. The van der Waals surface area contributed by atoms with E-state index < -0.39 is 36.7 Å². The van der Waals surface area contributed by atoms with E-state index in [0.717, 1.165) is 43.2 Å². The van der Waals surface area contributed by atoms with Crippen molar-refractivity contribution >= 4 is 5.97 Å². The number of carboxylic acid groups (broad SMARTS) is 1. The summed E-state index contributed by atoms with van der Waals surface area (Å²) < 4.78 is 11.5. The Labute approximate surface area is 191 Å². The van der Waals surface area contributed by atoms with Gasteiger partial charge in [0.1, 0.15) is 18.3 Å². The molecule has 0 bridgehead atoms. The van der Waals surface area contributed by atoms with Crippen molar-refractivity contribution in [2.24, 2.45) is 17.3 Å². The Morgan fingerprint density at radius 3 is 2.55 bits per heavy atom. The quantitative estimate of drug-likeness (QED) is 0.362. The zero-order valence-electron chi connectivity index (χ0n) is 18.5. The first-order chi connectivity index (χ1) is 15.6. The predicted molar refractivity (Wildman–Crippen MR) is 114 cm³/mol. The van der Waals surface area contributed by atoms with Crippen LogP contribution in [0.2, 0.25) is 0 Å². The number of aromatic hydroxyl groups is 2. The van der Waals surface area contributed by atoms with E-state index in [-0.39, 0.29) is 23.0 Å². The number of aliphatic hydroxyl groups is 3. The molecule has 3 fully saturated rings. The molecule has 1 saturated heterocycles. The van der Waals surface area contributed by atoms with Crippen LogP contribution in [-0.2, 0) is 20.7 Å². The van der Waals surface area contributed by atoms with Gasteiger partial charge in [-0.2, -0.15) is 0 Å². The van der Waals surface area contributed by atoms with Crippen molar-refractivity contribution in [1.82, 2.24) is 0 Å². The lowest BCUT2D eigenvalue weighted by molar-refractivity contribution is -0.312. The van der Waals surface area contributed by atoms with E-state index in [0.29, 0.717) is 24.2 Å². The van der Waals surface area contributed by atoms with Gasteiger partial charge in [0.05, 0.1) is 6.10 Å². The predicted octanol–water partition coefficient (Wildman–Crippen LogP) is 1.23. The number of phenolic OH excluding ortho intramolecular Hbond substituents is 2. The molecule has 9 nitrogen and oxygen atoms in total. The van der Waals surface area contributed by atoms with Gasteiger partial charge in [-0.05, 0) is 73.3 Å². The van der Waals surface area contributed by atoms with Crippen molar-refractivity contribution < 1.29 is 44.9 Å². The van der Waals surface area contributed by atoms with Gasteiger partial charge in [-0.15, -0.1) is 0 Å². The monoisotopic (exact) mass is 464 g/mol. The van der Waals surface area contributed by atoms with Crippen LogP contribution in [0.15, 0.2) is 12.1 Å².